The third-order valence-corrected chi connectivity index (χ3v) is 2.78. The number of ether oxygens (including phenoxy) is 1. The zero-order valence-corrected chi connectivity index (χ0v) is 11.3. The molecule has 0 saturated heterocycles. The molecule has 7 nitrogen and oxygen atoms in total. The Hall–Kier alpha value is -2.31. The number of carbonyl (C=O) groups is 3. The molecule has 110 valence electrons. The van der Waals surface area contributed by atoms with E-state index < -0.39 is 23.9 Å². The normalized spacial score (nSPS) is 11.7. The van der Waals surface area contributed by atoms with Crippen molar-refractivity contribution in [2.75, 3.05) is 7.11 Å². The van der Waals surface area contributed by atoms with Gasteiger partial charge in [-0.25, -0.2) is 4.79 Å². The summed E-state index contributed by atoms with van der Waals surface area (Å²) in [6.07, 6.45) is 1.78. The number of aryl methyl sites for hydroxylation is 1. The minimum atomic E-state index is -1.20. The fourth-order valence-corrected chi connectivity index (χ4v) is 1.67. The van der Waals surface area contributed by atoms with Crippen molar-refractivity contribution in [3.8, 4) is 0 Å². The number of furan rings is 1. The van der Waals surface area contributed by atoms with Crippen molar-refractivity contribution in [1.29, 1.82) is 0 Å². The van der Waals surface area contributed by atoms with Crippen LogP contribution in [0, 0.1) is 0 Å². The average Bonchev–Trinajstić information content (AvgIpc) is 2.90. The molecule has 1 aromatic heterocycles. The molecular formula is C13H17NO6. The standard InChI is InChI=1S/C13H17NO6/c1-3-10-8(6-7-20-10)12(16)14-9(13(17)18)4-5-11(15)19-2/h6-7,9H,3-5H2,1-2H3,(H,14,16)(H,17,18). The number of hydrogen-bond donors (Lipinski definition) is 2. The maximum Gasteiger partial charge on any atom is 0.326 e. The molecule has 1 unspecified atom stereocenters. The van der Waals surface area contributed by atoms with Crippen LogP contribution in [0.15, 0.2) is 16.7 Å². The number of methoxy groups -OCH3 is 1. The number of amides is 1. The van der Waals surface area contributed by atoms with Gasteiger partial charge in [0, 0.05) is 12.8 Å². The van der Waals surface area contributed by atoms with Crippen LogP contribution in [-0.2, 0) is 20.7 Å². The molecule has 0 fully saturated rings. The Labute approximate surface area is 115 Å². The number of carboxylic acids is 1. The van der Waals surface area contributed by atoms with E-state index in [0.717, 1.165) is 0 Å². The van der Waals surface area contributed by atoms with Crippen LogP contribution in [0.5, 0.6) is 0 Å². The maximum atomic E-state index is 12.0. The van der Waals surface area contributed by atoms with Crippen molar-refractivity contribution in [2.45, 2.75) is 32.2 Å². The zero-order valence-electron chi connectivity index (χ0n) is 11.3. The fourth-order valence-electron chi connectivity index (χ4n) is 1.67. The van der Waals surface area contributed by atoms with E-state index in [2.05, 4.69) is 10.1 Å². The lowest BCUT2D eigenvalue weighted by Crippen LogP contribution is -2.41. The van der Waals surface area contributed by atoms with Crippen LogP contribution in [0.1, 0.15) is 35.9 Å². The van der Waals surface area contributed by atoms with E-state index in [1.807, 2.05) is 6.92 Å². The predicted molar refractivity (Wildman–Crippen MR) is 68.2 cm³/mol. The highest BCUT2D eigenvalue weighted by Gasteiger charge is 2.23. The summed E-state index contributed by atoms with van der Waals surface area (Å²) < 4.78 is 9.54. The first-order valence-corrected chi connectivity index (χ1v) is 6.16. The molecule has 1 heterocycles. The van der Waals surface area contributed by atoms with Gasteiger partial charge in [0.25, 0.3) is 5.91 Å². The lowest BCUT2D eigenvalue weighted by Gasteiger charge is -2.13. The molecule has 0 saturated carbocycles. The van der Waals surface area contributed by atoms with Gasteiger partial charge in [0.2, 0.25) is 0 Å². The Balaban J connectivity index is 2.68. The summed E-state index contributed by atoms with van der Waals surface area (Å²) in [6.45, 7) is 1.82. The third kappa shape index (κ3) is 4.11. The number of esters is 1. The van der Waals surface area contributed by atoms with E-state index >= 15 is 0 Å². The molecule has 0 aromatic carbocycles. The SMILES string of the molecule is CCc1occc1C(=O)NC(CCC(=O)OC)C(=O)O. The smallest absolute Gasteiger partial charge is 0.326 e. The molecule has 0 aliphatic carbocycles. The fraction of sp³-hybridized carbons (Fsp3) is 0.462. The summed E-state index contributed by atoms with van der Waals surface area (Å²) in [4.78, 5) is 34.0. The number of carbonyl (C=O) groups excluding carboxylic acids is 2. The molecular weight excluding hydrogens is 266 g/mol. The quantitative estimate of drug-likeness (QED) is 0.722. The second-order valence-corrected chi connectivity index (χ2v) is 4.09. The van der Waals surface area contributed by atoms with Gasteiger partial charge in [0.1, 0.15) is 11.8 Å². The van der Waals surface area contributed by atoms with Crippen LogP contribution in [0.2, 0.25) is 0 Å². The van der Waals surface area contributed by atoms with Crippen LogP contribution >= 0.6 is 0 Å². The predicted octanol–water partition coefficient (Wildman–Crippen LogP) is 0.978. The molecule has 0 bridgehead atoms. The Bertz CT molecular complexity index is 493. The Morgan fingerprint density at radius 3 is 2.70 bits per heavy atom. The molecule has 1 atom stereocenters. The minimum Gasteiger partial charge on any atom is -0.480 e. The largest absolute Gasteiger partial charge is 0.480 e. The van der Waals surface area contributed by atoms with Crippen molar-refractivity contribution >= 4 is 17.8 Å². The van der Waals surface area contributed by atoms with Gasteiger partial charge < -0.3 is 19.6 Å². The summed E-state index contributed by atoms with van der Waals surface area (Å²) in [5.41, 5.74) is 0.303. The Morgan fingerprint density at radius 2 is 2.15 bits per heavy atom. The summed E-state index contributed by atoms with van der Waals surface area (Å²) in [6, 6.07) is 0.328. The van der Waals surface area contributed by atoms with Gasteiger partial charge in [0.05, 0.1) is 18.9 Å². The van der Waals surface area contributed by atoms with Gasteiger partial charge >= 0.3 is 11.9 Å². The highest BCUT2D eigenvalue weighted by Crippen LogP contribution is 2.12. The van der Waals surface area contributed by atoms with Crippen LogP contribution in [0.25, 0.3) is 0 Å². The van der Waals surface area contributed by atoms with E-state index in [0.29, 0.717) is 17.7 Å². The van der Waals surface area contributed by atoms with E-state index in [-0.39, 0.29) is 12.8 Å². The van der Waals surface area contributed by atoms with E-state index in [9.17, 15) is 14.4 Å². The summed E-state index contributed by atoms with van der Waals surface area (Å²) in [5.74, 6) is -1.78. The van der Waals surface area contributed by atoms with Gasteiger partial charge in [0.15, 0.2) is 0 Å². The van der Waals surface area contributed by atoms with Crippen molar-refractivity contribution in [2.24, 2.45) is 0 Å². The lowest BCUT2D eigenvalue weighted by atomic mass is 10.1. The second kappa shape index (κ2) is 7.32. The lowest BCUT2D eigenvalue weighted by molar-refractivity contribution is -0.142. The molecule has 7 heteroatoms. The highest BCUT2D eigenvalue weighted by molar-refractivity contribution is 5.97. The topological polar surface area (TPSA) is 106 Å². The molecule has 20 heavy (non-hydrogen) atoms. The summed E-state index contributed by atoms with van der Waals surface area (Å²) >= 11 is 0. The maximum absolute atomic E-state index is 12.0. The van der Waals surface area contributed by atoms with Gasteiger partial charge in [-0.15, -0.1) is 0 Å². The molecule has 1 aromatic rings. The van der Waals surface area contributed by atoms with Crippen molar-refractivity contribution < 1.29 is 28.6 Å². The van der Waals surface area contributed by atoms with Crippen LogP contribution in [0.3, 0.4) is 0 Å². The molecule has 0 radical (unpaired) electrons. The minimum absolute atomic E-state index is 0.0347. The molecule has 0 spiro atoms. The van der Waals surface area contributed by atoms with Gasteiger partial charge in [-0.2, -0.15) is 0 Å². The van der Waals surface area contributed by atoms with E-state index in [4.69, 9.17) is 9.52 Å². The van der Waals surface area contributed by atoms with Crippen molar-refractivity contribution in [1.82, 2.24) is 5.32 Å². The number of rotatable bonds is 7. The van der Waals surface area contributed by atoms with Crippen molar-refractivity contribution in [3.63, 3.8) is 0 Å². The Morgan fingerprint density at radius 1 is 1.45 bits per heavy atom. The molecule has 0 aliphatic heterocycles. The second-order valence-electron chi connectivity index (χ2n) is 4.09. The average molecular weight is 283 g/mol. The molecule has 0 aliphatic rings. The third-order valence-electron chi connectivity index (χ3n) is 2.78. The first-order chi connectivity index (χ1) is 9.49. The summed E-state index contributed by atoms with van der Waals surface area (Å²) in [5, 5.41) is 11.4. The van der Waals surface area contributed by atoms with Crippen LogP contribution in [0.4, 0.5) is 0 Å². The van der Waals surface area contributed by atoms with Gasteiger partial charge in [-0.3, -0.25) is 9.59 Å². The zero-order chi connectivity index (χ0) is 15.1. The molecule has 2 N–H and O–H groups in total. The van der Waals surface area contributed by atoms with Gasteiger partial charge in [-0.05, 0) is 12.5 Å². The number of hydrogen-bond acceptors (Lipinski definition) is 5. The number of nitrogens with one attached hydrogen (secondary N) is 1. The van der Waals surface area contributed by atoms with Crippen LogP contribution < -0.4 is 5.32 Å². The number of carboxylic acid groups (broad SMARTS) is 1. The first-order valence-electron chi connectivity index (χ1n) is 6.16. The van der Waals surface area contributed by atoms with Gasteiger partial charge in [-0.1, -0.05) is 6.92 Å². The highest BCUT2D eigenvalue weighted by atomic mass is 16.5. The van der Waals surface area contributed by atoms with E-state index in [1.165, 1.54) is 19.4 Å². The van der Waals surface area contributed by atoms with E-state index in [1.54, 1.807) is 0 Å². The molecule has 1 rings (SSSR count). The number of aliphatic carboxylic acids is 1. The monoisotopic (exact) mass is 283 g/mol. The molecule has 1 amide bonds. The summed E-state index contributed by atoms with van der Waals surface area (Å²) in [7, 11) is 1.22. The Kier molecular flexibility index (Phi) is 5.76. The van der Waals surface area contributed by atoms with Crippen molar-refractivity contribution in [3.05, 3.63) is 23.7 Å². The first kappa shape index (κ1) is 15.7. The van der Waals surface area contributed by atoms with Crippen LogP contribution in [-0.4, -0.2) is 36.1 Å².